The van der Waals surface area contributed by atoms with Gasteiger partial charge in [-0.25, -0.2) is 5.01 Å². The number of para-hydroxylation sites is 1. The van der Waals surface area contributed by atoms with Crippen LogP contribution in [0, 0.1) is 6.92 Å². The lowest BCUT2D eigenvalue weighted by Crippen LogP contribution is -2.40. The fourth-order valence-electron chi connectivity index (χ4n) is 3.72. The summed E-state index contributed by atoms with van der Waals surface area (Å²) in [6.07, 6.45) is 6.35. The number of ether oxygens (including phenoxy) is 1. The topological polar surface area (TPSA) is 40.4 Å². The number of hydrogen-bond acceptors (Lipinski definition) is 7. The number of thioether (sulfide) groups is 2. The predicted molar refractivity (Wildman–Crippen MR) is 104 cm³/mol. The van der Waals surface area contributed by atoms with E-state index in [4.69, 9.17) is 14.9 Å². The van der Waals surface area contributed by atoms with Gasteiger partial charge in [0.1, 0.15) is 22.3 Å². The molecule has 1 aromatic carbocycles. The van der Waals surface area contributed by atoms with Gasteiger partial charge >= 0.3 is 0 Å². The molecule has 25 heavy (non-hydrogen) atoms. The Kier molecular flexibility index (Phi) is 3.74. The fourth-order valence-corrected chi connectivity index (χ4v) is 5.80. The van der Waals surface area contributed by atoms with Crippen molar-refractivity contribution < 1.29 is 4.74 Å². The van der Waals surface area contributed by atoms with Gasteiger partial charge in [0, 0.05) is 5.41 Å². The van der Waals surface area contributed by atoms with E-state index in [1.807, 2.05) is 35.0 Å². The third kappa shape index (κ3) is 2.56. The Labute approximate surface area is 156 Å². The smallest absolute Gasteiger partial charge is 0.216 e. The molecule has 0 amide bonds. The first-order valence-corrected chi connectivity index (χ1v) is 10.5. The number of benzene rings is 1. The molecule has 3 heterocycles. The Bertz CT molecular complexity index is 798. The van der Waals surface area contributed by atoms with E-state index in [0.29, 0.717) is 6.61 Å². The molecule has 0 N–H and O–H groups in total. The molecule has 0 atom stereocenters. The zero-order chi connectivity index (χ0) is 16.9. The van der Waals surface area contributed by atoms with Crippen molar-refractivity contribution in [2.45, 2.75) is 43.9 Å². The molecule has 1 saturated carbocycles. The van der Waals surface area contributed by atoms with Crippen LogP contribution in [0.4, 0.5) is 0 Å². The number of fused-ring (bicyclic) bond motifs is 4. The van der Waals surface area contributed by atoms with Crippen molar-refractivity contribution in [3.05, 3.63) is 41.1 Å². The molecule has 0 aromatic heterocycles. The highest BCUT2D eigenvalue weighted by Gasteiger charge is 2.50. The van der Waals surface area contributed by atoms with Crippen LogP contribution < -0.4 is 4.74 Å². The van der Waals surface area contributed by atoms with E-state index < -0.39 is 0 Å². The molecule has 4 aliphatic rings. The number of rotatable bonds is 3. The van der Waals surface area contributed by atoms with E-state index in [1.165, 1.54) is 32.1 Å². The molecule has 1 spiro atoms. The lowest BCUT2D eigenvalue weighted by atomic mass is 9.94. The molecule has 7 heteroatoms. The number of hydrogen-bond donors (Lipinski definition) is 0. The zero-order valence-corrected chi connectivity index (χ0v) is 15.8. The van der Waals surface area contributed by atoms with Crippen molar-refractivity contribution in [3.8, 4) is 5.75 Å². The van der Waals surface area contributed by atoms with Gasteiger partial charge in [0.15, 0.2) is 5.82 Å². The van der Waals surface area contributed by atoms with Crippen LogP contribution in [0.1, 0.15) is 37.7 Å². The van der Waals surface area contributed by atoms with E-state index in [0.717, 1.165) is 27.3 Å². The molecule has 1 aliphatic carbocycles. The number of amidine groups is 1. The van der Waals surface area contributed by atoms with E-state index in [-0.39, 0.29) is 4.87 Å². The van der Waals surface area contributed by atoms with Crippen LogP contribution in [0.5, 0.6) is 5.75 Å². The molecule has 0 bridgehead atoms. The van der Waals surface area contributed by atoms with Gasteiger partial charge in [0.25, 0.3) is 0 Å². The number of hydrazone groups is 2. The lowest BCUT2D eigenvalue weighted by Gasteiger charge is -2.37. The quantitative estimate of drug-likeness (QED) is 0.780. The van der Waals surface area contributed by atoms with Crippen molar-refractivity contribution >= 4 is 33.7 Å². The van der Waals surface area contributed by atoms with Crippen LogP contribution in [-0.2, 0) is 0 Å². The van der Waals surface area contributed by atoms with Crippen molar-refractivity contribution in [2.75, 3.05) is 6.61 Å². The summed E-state index contributed by atoms with van der Waals surface area (Å²) in [5, 5.41) is 18.0. The van der Waals surface area contributed by atoms with E-state index in [2.05, 4.69) is 23.4 Å². The Hall–Kier alpha value is -1.60. The summed E-state index contributed by atoms with van der Waals surface area (Å²) in [6.45, 7) is 2.54. The second-order valence-corrected chi connectivity index (χ2v) is 9.03. The first kappa shape index (κ1) is 15.6. The zero-order valence-electron chi connectivity index (χ0n) is 14.1. The number of nitrogens with zero attached hydrogens (tertiary/aromatic N) is 4. The van der Waals surface area contributed by atoms with Gasteiger partial charge in [0.05, 0.1) is 0 Å². The Morgan fingerprint density at radius 1 is 1.16 bits per heavy atom. The maximum absolute atomic E-state index is 5.94. The molecular weight excluding hydrogens is 352 g/mol. The fraction of sp³-hybridized carbons (Fsp3) is 0.444. The van der Waals surface area contributed by atoms with E-state index in [1.54, 1.807) is 11.8 Å². The van der Waals surface area contributed by atoms with E-state index >= 15 is 0 Å². The second-order valence-electron chi connectivity index (χ2n) is 6.76. The SMILES string of the molecule is Cc1ccccc1OCC1=NN2C3=CSC4(CCCCC4)N3N=C2S1. The van der Waals surface area contributed by atoms with Crippen LogP contribution >= 0.6 is 23.5 Å². The normalized spacial score (nSPS) is 23.3. The molecule has 5 nitrogen and oxygen atoms in total. The highest BCUT2D eigenvalue weighted by atomic mass is 32.2. The van der Waals surface area contributed by atoms with Gasteiger partial charge < -0.3 is 4.74 Å². The minimum absolute atomic E-state index is 0.138. The summed E-state index contributed by atoms with van der Waals surface area (Å²) in [6, 6.07) is 8.08. The summed E-state index contributed by atoms with van der Waals surface area (Å²) in [5.74, 6) is 2.03. The van der Waals surface area contributed by atoms with Gasteiger partial charge in [-0.1, -0.05) is 49.2 Å². The highest BCUT2D eigenvalue weighted by Crippen LogP contribution is 2.53. The van der Waals surface area contributed by atoms with Crippen LogP contribution in [0.15, 0.2) is 45.7 Å². The summed E-state index contributed by atoms with van der Waals surface area (Å²) >= 11 is 3.55. The van der Waals surface area contributed by atoms with Crippen molar-refractivity contribution in [1.82, 2.24) is 10.0 Å². The van der Waals surface area contributed by atoms with Crippen LogP contribution in [0.25, 0.3) is 0 Å². The molecular formula is C18H20N4OS2. The monoisotopic (exact) mass is 372 g/mol. The maximum Gasteiger partial charge on any atom is 0.216 e. The molecule has 1 aromatic rings. The average molecular weight is 373 g/mol. The first-order chi connectivity index (χ1) is 12.3. The average Bonchev–Trinajstić information content (AvgIpc) is 3.27. The van der Waals surface area contributed by atoms with Crippen molar-refractivity contribution in [3.63, 3.8) is 0 Å². The van der Waals surface area contributed by atoms with Crippen molar-refractivity contribution in [2.24, 2.45) is 10.2 Å². The maximum atomic E-state index is 5.94. The molecule has 130 valence electrons. The molecule has 5 rings (SSSR count). The van der Waals surface area contributed by atoms with Gasteiger partial charge in [-0.05, 0) is 43.2 Å². The second kappa shape index (κ2) is 5.99. The van der Waals surface area contributed by atoms with Crippen molar-refractivity contribution in [1.29, 1.82) is 0 Å². The Balaban J connectivity index is 1.29. The van der Waals surface area contributed by atoms with Gasteiger partial charge in [-0.15, -0.1) is 5.10 Å². The first-order valence-electron chi connectivity index (χ1n) is 8.76. The molecule has 0 radical (unpaired) electrons. The van der Waals surface area contributed by atoms with Gasteiger partial charge in [0.2, 0.25) is 5.17 Å². The molecule has 0 saturated heterocycles. The summed E-state index contributed by atoms with van der Waals surface area (Å²) in [4.78, 5) is 0.138. The van der Waals surface area contributed by atoms with Gasteiger partial charge in [-0.3, -0.25) is 0 Å². The Morgan fingerprint density at radius 3 is 2.84 bits per heavy atom. The van der Waals surface area contributed by atoms with Crippen LogP contribution in [0.3, 0.4) is 0 Å². The largest absolute Gasteiger partial charge is 0.486 e. The third-order valence-electron chi connectivity index (χ3n) is 5.07. The van der Waals surface area contributed by atoms with Crippen LogP contribution in [-0.4, -0.2) is 31.7 Å². The molecule has 0 unspecified atom stereocenters. The predicted octanol–water partition coefficient (Wildman–Crippen LogP) is 4.53. The van der Waals surface area contributed by atoms with Crippen LogP contribution in [0.2, 0.25) is 0 Å². The molecule has 3 aliphatic heterocycles. The standard InChI is InChI=1S/C18H20N4OS2/c1-13-7-3-4-8-14(13)23-11-15-19-21-16-12-24-18(9-5-2-6-10-18)22(16)20-17(21)25-15/h3-4,7-8,12H,2,5-6,9-11H2,1H3. The van der Waals surface area contributed by atoms with Gasteiger partial charge in [-0.2, -0.15) is 10.1 Å². The minimum atomic E-state index is 0.138. The highest BCUT2D eigenvalue weighted by molar-refractivity contribution is 8.26. The number of aryl methyl sites for hydroxylation is 1. The minimum Gasteiger partial charge on any atom is -0.486 e. The summed E-state index contributed by atoms with van der Waals surface area (Å²) in [7, 11) is 0. The molecule has 1 fully saturated rings. The van der Waals surface area contributed by atoms with E-state index in [9.17, 15) is 0 Å². The summed E-state index contributed by atoms with van der Waals surface area (Å²) < 4.78 is 5.94. The summed E-state index contributed by atoms with van der Waals surface area (Å²) in [5.41, 5.74) is 1.14. The third-order valence-corrected chi connectivity index (χ3v) is 7.29. The Morgan fingerprint density at radius 2 is 2.00 bits per heavy atom. The lowest BCUT2D eigenvalue weighted by molar-refractivity contribution is 0.170.